The van der Waals surface area contributed by atoms with Crippen molar-refractivity contribution >= 4 is 6.03 Å². The van der Waals surface area contributed by atoms with Gasteiger partial charge in [-0.2, -0.15) is 0 Å². The maximum Gasteiger partial charge on any atom is 0.315 e. The minimum atomic E-state index is -0.927. The zero-order valence-corrected chi connectivity index (χ0v) is 14.2. The number of hydrogen-bond acceptors (Lipinski definition) is 3. The van der Waals surface area contributed by atoms with E-state index < -0.39 is 23.5 Å². The first-order chi connectivity index (χ1) is 11.3. The second kappa shape index (κ2) is 7.90. The van der Waals surface area contributed by atoms with Crippen LogP contribution < -0.4 is 10.6 Å². The predicted octanol–water partition coefficient (Wildman–Crippen LogP) is 3.11. The van der Waals surface area contributed by atoms with Gasteiger partial charge >= 0.3 is 6.03 Å². The van der Waals surface area contributed by atoms with E-state index in [1.807, 2.05) is 20.8 Å². The van der Waals surface area contributed by atoms with Crippen molar-refractivity contribution in [3.8, 4) is 0 Å². The van der Waals surface area contributed by atoms with Crippen molar-refractivity contribution in [2.75, 3.05) is 19.8 Å². The van der Waals surface area contributed by atoms with Gasteiger partial charge < -0.3 is 20.1 Å². The van der Waals surface area contributed by atoms with Gasteiger partial charge in [0.2, 0.25) is 0 Å². The molecular formula is C17H24F2N2O3. The number of nitrogens with one attached hydrogen (secondary N) is 2. The van der Waals surface area contributed by atoms with Crippen molar-refractivity contribution in [1.29, 1.82) is 0 Å². The van der Waals surface area contributed by atoms with Crippen LogP contribution in [-0.4, -0.2) is 31.6 Å². The fourth-order valence-corrected chi connectivity index (χ4v) is 2.64. The lowest BCUT2D eigenvalue weighted by Gasteiger charge is -2.25. The molecule has 2 amide bonds. The van der Waals surface area contributed by atoms with Gasteiger partial charge in [-0.05, 0) is 30.5 Å². The summed E-state index contributed by atoms with van der Waals surface area (Å²) in [6, 6.07) is 2.86. The van der Waals surface area contributed by atoms with Crippen LogP contribution in [0, 0.1) is 17.6 Å². The Hall–Kier alpha value is -1.73. The molecule has 1 fully saturated rings. The van der Waals surface area contributed by atoms with E-state index in [-0.39, 0.29) is 11.9 Å². The molecule has 0 radical (unpaired) electrons. The highest BCUT2D eigenvalue weighted by molar-refractivity contribution is 5.74. The SMILES string of the molecule is CC(C)C(NC(=O)NCCC1(C)OCCO1)c1ccc(F)c(F)c1. The third kappa shape index (κ3) is 4.88. The number of amides is 2. The normalized spacial score (nSPS) is 17.8. The Morgan fingerprint density at radius 1 is 1.25 bits per heavy atom. The Bertz CT molecular complexity index is 575. The van der Waals surface area contributed by atoms with Gasteiger partial charge in [-0.3, -0.25) is 0 Å². The number of benzene rings is 1. The summed E-state index contributed by atoms with van der Waals surface area (Å²) in [7, 11) is 0. The van der Waals surface area contributed by atoms with Gasteiger partial charge in [0.15, 0.2) is 17.4 Å². The van der Waals surface area contributed by atoms with Crippen LogP contribution >= 0.6 is 0 Å². The van der Waals surface area contributed by atoms with E-state index >= 15 is 0 Å². The average Bonchev–Trinajstić information content (AvgIpc) is 2.94. The lowest BCUT2D eigenvalue weighted by molar-refractivity contribution is -0.145. The van der Waals surface area contributed by atoms with Crippen molar-refractivity contribution in [3.63, 3.8) is 0 Å². The molecular weight excluding hydrogens is 318 g/mol. The number of carbonyl (C=O) groups is 1. The van der Waals surface area contributed by atoms with Crippen LogP contribution in [0.5, 0.6) is 0 Å². The molecule has 1 aliphatic rings. The monoisotopic (exact) mass is 342 g/mol. The minimum Gasteiger partial charge on any atom is -0.348 e. The molecule has 7 heteroatoms. The number of urea groups is 1. The summed E-state index contributed by atoms with van der Waals surface area (Å²) in [6.45, 7) is 7.10. The third-order valence-electron chi connectivity index (χ3n) is 4.02. The Labute approximate surface area is 140 Å². The van der Waals surface area contributed by atoms with Gasteiger partial charge in [-0.1, -0.05) is 19.9 Å². The summed E-state index contributed by atoms with van der Waals surface area (Å²) >= 11 is 0. The smallest absolute Gasteiger partial charge is 0.315 e. The van der Waals surface area contributed by atoms with Gasteiger partial charge in [0.1, 0.15) is 0 Å². The molecule has 0 spiro atoms. The third-order valence-corrected chi connectivity index (χ3v) is 4.02. The molecule has 134 valence electrons. The van der Waals surface area contributed by atoms with Gasteiger partial charge in [0.25, 0.3) is 0 Å². The van der Waals surface area contributed by atoms with E-state index in [1.54, 1.807) is 0 Å². The highest BCUT2D eigenvalue weighted by atomic mass is 19.2. The van der Waals surface area contributed by atoms with Crippen LogP contribution in [0.25, 0.3) is 0 Å². The maximum atomic E-state index is 13.4. The van der Waals surface area contributed by atoms with Crippen LogP contribution in [-0.2, 0) is 9.47 Å². The number of rotatable bonds is 6. The molecule has 1 unspecified atom stereocenters. The first-order valence-corrected chi connectivity index (χ1v) is 8.08. The quantitative estimate of drug-likeness (QED) is 0.835. The fourth-order valence-electron chi connectivity index (χ4n) is 2.64. The van der Waals surface area contributed by atoms with Gasteiger partial charge in [-0.15, -0.1) is 0 Å². The first-order valence-electron chi connectivity index (χ1n) is 8.08. The van der Waals surface area contributed by atoms with E-state index in [1.165, 1.54) is 6.07 Å². The minimum absolute atomic E-state index is 0.0135. The van der Waals surface area contributed by atoms with E-state index in [2.05, 4.69) is 10.6 Å². The zero-order valence-electron chi connectivity index (χ0n) is 14.2. The van der Waals surface area contributed by atoms with E-state index in [0.29, 0.717) is 31.7 Å². The molecule has 1 aromatic rings. The summed E-state index contributed by atoms with van der Waals surface area (Å²) < 4.78 is 37.4. The van der Waals surface area contributed by atoms with Crippen LogP contribution in [0.3, 0.4) is 0 Å². The number of halogens is 2. The summed E-state index contributed by atoms with van der Waals surface area (Å²) in [5.41, 5.74) is 0.522. The maximum absolute atomic E-state index is 13.4. The summed E-state index contributed by atoms with van der Waals surface area (Å²) in [4.78, 5) is 12.1. The van der Waals surface area contributed by atoms with Crippen molar-refractivity contribution < 1.29 is 23.0 Å². The molecule has 1 saturated heterocycles. The summed E-state index contributed by atoms with van der Waals surface area (Å²) in [5, 5.41) is 5.53. The molecule has 2 N–H and O–H groups in total. The summed E-state index contributed by atoms with van der Waals surface area (Å²) in [6.07, 6.45) is 0.526. The van der Waals surface area contributed by atoms with E-state index in [9.17, 15) is 13.6 Å². The summed E-state index contributed by atoms with van der Waals surface area (Å²) in [5.74, 6) is -2.48. The molecule has 1 aliphatic heterocycles. The fraction of sp³-hybridized carbons (Fsp3) is 0.588. The Balaban J connectivity index is 1.90. The molecule has 0 saturated carbocycles. The molecule has 0 aromatic heterocycles. The van der Waals surface area contributed by atoms with Crippen LogP contribution in [0.2, 0.25) is 0 Å². The second-order valence-electron chi connectivity index (χ2n) is 6.38. The van der Waals surface area contributed by atoms with Crippen molar-refractivity contribution in [3.05, 3.63) is 35.4 Å². The van der Waals surface area contributed by atoms with Gasteiger partial charge in [-0.25, -0.2) is 13.6 Å². The Morgan fingerprint density at radius 3 is 2.50 bits per heavy atom. The van der Waals surface area contributed by atoms with Crippen LogP contribution in [0.4, 0.5) is 13.6 Å². The molecule has 1 aromatic carbocycles. The predicted molar refractivity (Wildman–Crippen MR) is 85.4 cm³/mol. The number of hydrogen-bond donors (Lipinski definition) is 2. The van der Waals surface area contributed by atoms with E-state index in [4.69, 9.17) is 9.47 Å². The molecule has 5 nitrogen and oxygen atoms in total. The van der Waals surface area contributed by atoms with E-state index in [0.717, 1.165) is 12.1 Å². The Morgan fingerprint density at radius 2 is 1.92 bits per heavy atom. The van der Waals surface area contributed by atoms with Gasteiger partial charge in [0.05, 0.1) is 19.3 Å². The molecule has 24 heavy (non-hydrogen) atoms. The highest BCUT2D eigenvalue weighted by Gasteiger charge is 2.30. The Kier molecular flexibility index (Phi) is 6.12. The molecule has 1 heterocycles. The van der Waals surface area contributed by atoms with Crippen molar-refractivity contribution in [2.24, 2.45) is 5.92 Å². The lowest BCUT2D eigenvalue weighted by Crippen LogP contribution is -2.42. The average molecular weight is 342 g/mol. The molecule has 0 aliphatic carbocycles. The standard InChI is InChI=1S/C17H24F2N2O3/c1-11(2)15(12-4-5-13(18)14(19)10-12)21-16(22)20-7-6-17(3)23-8-9-24-17/h4-5,10-11,15H,6-9H2,1-3H3,(H2,20,21,22). The second-order valence-corrected chi connectivity index (χ2v) is 6.38. The van der Waals surface area contributed by atoms with Crippen LogP contribution in [0.15, 0.2) is 18.2 Å². The highest BCUT2D eigenvalue weighted by Crippen LogP contribution is 2.24. The molecule has 1 atom stereocenters. The molecule has 2 rings (SSSR count). The van der Waals surface area contributed by atoms with Gasteiger partial charge in [0, 0.05) is 13.0 Å². The topological polar surface area (TPSA) is 59.6 Å². The van der Waals surface area contributed by atoms with Crippen molar-refractivity contribution in [1.82, 2.24) is 10.6 Å². The van der Waals surface area contributed by atoms with Crippen molar-refractivity contribution in [2.45, 2.75) is 39.0 Å². The first kappa shape index (κ1) is 18.6. The number of ether oxygens (including phenoxy) is 2. The largest absolute Gasteiger partial charge is 0.348 e. The number of carbonyl (C=O) groups excluding carboxylic acids is 1. The zero-order chi connectivity index (χ0) is 17.7. The molecule has 0 bridgehead atoms. The lowest BCUT2D eigenvalue weighted by atomic mass is 9.96. The van der Waals surface area contributed by atoms with Crippen LogP contribution in [0.1, 0.15) is 38.8 Å².